The molecule has 1 aromatic heterocycles. The zero-order chi connectivity index (χ0) is 30.6. The lowest BCUT2D eigenvalue weighted by Crippen LogP contribution is -2.54. The minimum absolute atomic E-state index is 0.0463. The van der Waals surface area contributed by atoms with Crippen LogP contribution in [0.15, 0.2) is 42.7 Å². The van der Waals surface area contributed by atoms with E-state index in [0.29, 0.717) is 36.3 Å². The summed E-state index contributed by atoms with van der Waals surface area (Å²) in [5.74, 6) is -1.65. The second kappa shape index (κ2) is 11.4. The summed E-state index contributed by atoms with van der Waals surface area (Å²) >= 11 is 0. The maximum atomic E-state index is 16.7. The van der Waals surface area contributed by atoms with Crippen molar-refractivity contribution in [2.45, 2.75) is 69.6 Å². The van der Waals surface area contributed by atoms with E-state index in [1.54, 1.807) is 0 Å². The van der Waals surface area contributed by atoms with Crippen molar-refractivity contribution in [1.29, 1.82) is 0 Å². The fourth-order valence-corrected chi connectivity index (χ4v) is 7.93. The van der Waals surface area contributed by atoms with E-state index in [1.807, 2.05) is 36.1 Å². The van der Waals surface area contributed by atoms with Crippen molar-refractivity contribution in [3.05, 3.63) is 59.7 Å². The normalized spacial score (nSPS) is 25.3. The molecule has 232 valence electrons. The summed E-state index contributed by atoms with van der Waals surface area (Å²) < 4.78 is 51.0. The number of piperazine rings is 1. The molecule has 44 heavy (non-hydrogen) atoms. The Morgan fingerprint density at radius 2 is 1.91 bits per heavy atom. The van der Waals surface area contributed by atoms with Gasteiger partial charge in [0.25, 0.3) is 5.91 Å². The first-order chi connectivity index (χ1) is 21.2. The first-order valence-corrected chi connectivity index (χ1v) is 15.8. The van der Waals surface area contributed by atoms with Gasteiger partial charge in [-0.05, 0) is 74.8 Å². The van der Waals surface area contributed by atoms with E-state index in [4.69, 9.17) is 9.72 Å². The Kier molecular flexibility index (Phi) is 7.51. The molecule has 0 bridgehead atoms. The van der Waals surface area contributed by atoms with Crippen molar-refractivity contribution < 1.29 is 22.7 Å². The van der Waals surface area contributed by atoms with Crippen LogP contribution in [0.4, 0.5) is 19.0 Å². The average Bonchev–Trinajstić information content (AvgIpc) is 3.55. The molecule has 3 saturated heterocycles. The number of alkyl halides is 1. The number of fused-ring (bicyclic) bond motifs is 3. The maximum Gasteiger partial charge on any atom is 0.319 e. The number of anilines is 1. The van der Waals surface area contributed by atoms with Crippen LogP contribution in [-0.4, -0.2) is 82.8 Å². The molecular formula is C34H38F3N5O2. The lowest BCUT2D eigenvalue weighted by molar-refractivity contribution is -0.129. The SMILES string of the molecule is C=C(F)C(=O)N1CCN(c2nc(OC[C@@]34CCCN3C[C@H](F)C4)nc3c(F)c(-c4cccc5c4CCCC5)ccc23)[C@@H](C)C1. The summed E-state index contributed by atoms with van der Waals surface area (Å²) in [6.45, 7) is 7.43. The second-order valence-corrected chi connectivity index (χ2v) is 12.9. The van der Waals surface area contributed by atoms with Gasteiger partial charge in [-0.25, -0.2) is 13.2 Å². The Morgan fingerprint density at radius 3 is 2.73 bits per heavy atom. The molecule has 2 aromatic carbocycles. The number of halogens is 3. The third kappa shape index (κ3) is 5.01. The fraction of sp³-hybridized carbons (Fsp3) is 0.500. The number of ether oxygens (including phenoxy) is 1. The van der Waals surface area contributed by atoms with Crippen LogP contribution in [-0.2, 0) is 17.6 Å². The Labute approximate surface area is 255 Å². The first kappa shape index (κ1) is 29.1. The highest BCUT2D eigenvalue weighted by Gasteiger charge is 2.49. The summed E-state index contributed by atoms with van der Waals surface area (Å²) in [5.41, 5.74) is 3.59. The number of carbonyl (C=O) groups excluding carboxylic acids is 1. The highest BCUT2D eigenvalue weighted by molar-refractivity contribution is 5.94. The average molecular weight is 606 g/mol. The van der Waals surface area contributed by atoms with E-state index in [9.17, 15) is 13.6 Å². The van der Waals surface area contributed by atoms with Crippen molar-refractivity contribution >= 4 is 22.6 Å². The second-order valence-electron chi connectivity index (χ2n) is 12.9. The molecule has 1 amide bonds. The summed E-state index contributed by atoms with van der Waals surface area (Å²) in [6.07, 6.45) is 5.41. The molecule has 0 spiro atoms. The summed E-state index contributed by atoms with van der Waals surface area (Å²) in [7, 11) is 0. The Bertz CT molecular complexity index is 1630. The van der Waals surface area contributed by atoms with Gasteiger partial charge in [-0.3, -0.25) is 9.69 Å². The molecule has 3 atom stereocenters. The smallest absolute Gasteiger partial charge is 0.319 e. The van der Waals surface area contributed by atoms with Crippen LogP contribution in [0, 0.1) is 5.82 Å². The standard InChI is InChI=1S/C34H38F3N5O2/c1-21-18-40(32(43)22(2)35)15-16-42(21)31-28-12-11-27(26-10-5-8-23-7-3-4-9-25(23)26)29(37)30(28)38-33(39-31)44-20-34-13-6-14-41(34)19-24(36)17-34/h5,8,10-12,21,24H,2-4,6-7,9,13-20H2,1H3/t21-,24+,34-/m0/s1. The number of nitrogens with zero attached hydrogens (tertiary/aromatic N) is 5. The van der Waals surface area contributed by atoms with Crippen LogP contribution >= 0.6 is 0 Å². The molecule has 7 rings (SSSR count). The van der Waals surface area contributed by atoms with E-state index in [-0.39, 0.29) is 37.3 Å². The van der Waals surface area contributed by atoms with Gasteiger partial charge in [-0.15, -0.1) is 0 Å². The van der Waals surface area contributed by atoms with Gasteiger partial charge in [-0.2, -0.15) is 9.97 Å². The van der Waals surface area contributed by atoms with Crippen molar-refractivity contribution in [2.75, 3.05) is 44.2 Å². The fourth-order valence-electron chi connectivity index (χ4n) is 7.93. The molecule has 10 heteroatoms. The van der Waals surface area contributed by atoms with Gasteiger partial charge in [0.05, 0.1) is 5.54 Å². The van der Waals surface area contributed by atoms with E-state index >= 15 is 4.39 Å². The molecule has 0 unspecified atom stereocenters. The third-order valence-electron chi connectivity index (χ3n) is 10.1. The van der Waals surface area contributed by atoms with Gasteiger partial charge < -0.3 is 14.5 Å². The molecule has 7 nitrogen and oxygen atoms in total. The number of benzene rings is 2. The van der Waals surface area contributed by atoms with E-state index in [1.165, 1.54) is 16.0 Å². The molecule has 0 N–H and O–H groups in total. The van der Waals surface area contributed by atoms with E-state index in [2.05, 4.69) is 22.5 Å². The van der Waals surface area contributed by atoms with Gasteiger partial charge in [0.1, 0.15) is 24.1 Å². The minimum atomic E-state index is -0.991. The van der Waals surface area contributed by atoms with Gasteiger partial charge >= 0.3 is 6.01 Å². The van der Waals surface area contributed by atoms with Crippen molar-refractivity contribution in [2.24, 2.45) is 0 Å². The topological polar surface area (TPSA) is 61.8 Å². The van der Waals surface area contributed by atoms with Crippen LogP contribution in [0.25, 0.3) is 22.0 Å². The first-order valence-electron chi connectivity index (χ1n) is 15.8. The molecule has 3 aliphatic heterocycles. The Morgan fingerprint density at radius 1 is 1.07 bits per heavy atom. The number of aryl methyl sites for hydroxylation is 1. The van der Waals surface area contributed by atoms with Crippen LogP contribution in [0.3, 0.4) is 0 Å². The largest absolute Gasteiger partial charge is 0.461 e. The summed E-state index contributed by atoms with van der Waals surface area (Å²) in [6, 6.07) is 9.57. The van der Waals surface area contributed by atoms with Gasteiger partial charge in [0.15, 0.2) is 11.6 Å². The van der Waals surface area contributed by atoms with Crippen molar-refractivity contribution in [3.63, 3.8) is 0 Å². The van der Waals surface area contributed by atoms with Gasteiger partial charge in [-0.1, -0.05) is 30.8 Å². The van der Waals surface area contributed by atoms with Gasteiger partial charge in [0, 0.05) is 49.6 Å². The maximum absolute atomic E-state index is 16.7. The highest BCUT2D eigenvalue weighted by atomic mass is 19.1. The summed E-state index contributed by atoms with van der Waals surface area (Å²) in [4.78, 5) is 27.3. The molecule has 0 saturated carbocycles. The van der Waals surface area contributed by atoms with Crippen LogP contribution < -0.4 is 9.64 Å². The number of carbonyl (C=O) groups is 1. The monoisotopic (exact) mass is 605 g/mol. The molecule has 3 aromatic rings. The van der Waals surface area contributed by atoms with E-state index in [0.717, 1.165) is 50.6 Å². The molecule has 1 aliphatic carbocycles. The number of hydrogen-bond donors (Lipinski definition) is 0. The molecule has 4 heterocycles. The number of rotatable bonds is 6. The Balaban J connectivity index is 1.29. The predicted molar refractivity (Wildman–Crippen MR) is 164 cm³/mol. The van der Waals surface area contributed by atoms with E-state index < -0.39 is 29.3 Å². The predicted octanol–water partition coefficient (Wildman–Crippen LogP) is 5.79. The van der Waals surface area contributed by atoms with Crippen LogP contribution in [0.1, 0.15) is 50.2 Å². The molecule has 3 fully saturated rings. The van der Waals surface area contributed by atoms with Crippen LogP contribution in [0.5, 0.6) is 6.01 Å². The number of amides is 1. The minimum Gasteiger partial charge on any atom is -0.461 e. The number of aromatic nitrogens is 2. The number of hydrogen-bond acceptors (Lipinski definition) is 6. The molecule has 0 radical (unpaired) electrons. The van der Waals surface area contributed by atoms with Gasteiger partial charge in [0.2, 0.25) is 0 Å². The molecular weight excluding hydrogens is 567 g/mol. The molecule has 4 aliphatic rings. The van der Waals surface area contributed by atoms with Crippen molar-refractivity contribution in [3.8, 4) is 17.1 Å². The lowest BCUT2D eigenvalue weighted by atomic mass is 9.85. The Hall–Kier alpha value is -3.66. The quantitative estimate of drug-likeness (QED) is 0.332. The lowest BCUT2D eigenvalue weighted by Gasteiger charge is -2.40. The van der Waals surface area contributed by atoms with Crippen molar-refractivity contribution in [1.82, 2.24) is 19.8 Å². The highest BCUT2D eigenvalue weighted by Crippen LogP contribution is 2.41. The zero-order valence-corrected chi connectivity index (χ0v) is 25.1. The zero-order valence-electron chi connectivity index (χ0n) is 25.1. The van der Waals surface area contributed by atoms with Crippen LogP contribution in [0.2, 0.25) is 0 Å². The summed E-state index contributed by atoms with van der Waals surface area (Å²) in [5, 5.41) is 0.537. The third-order valence-corrected chi connectivity index (χ3v) is 10.1.